The van der Waals surface area contributed by atoms with Crippen molar-refractivity contribution in [1.82, 2.24) is 0 Å². The summed E-state index contributed by atoms with van der Waals surface area (Å²) in [7, 11) is 0. The van der Waals surface area contributed by atoms with Crippen molar-refractivity contribution in [2.45, 2.75) is 44.8 Å². The second kappa shape index (κ2) is 4.73. The predicted molar refractivity (Wildman–Crippen MR) is 68.2 cm³/mol. The molecule has 1 aromatic rings. The van der Waals surface area contributed by atoms with Crippen LogP contribution in [0.1, 0.15) is 42.1 Å². The number of ether oxygens (including phenoxy) is 2. The van der Waals surface area contributed by atoms with Gasteiger partial charge in [-0.2, -0.15) is 0 Å². The van der Waals surface area contributed by atoms with Crippen molar-refractivity contribution >= 4 is 5.78 Å². The minimum Gasteiger partial charge on any atom is -0.493 e. The summed E-state index contributed by atoms with van der Waals surface area (Å²) >= 11 is 0. The Balaban J connectivity index is 1.81. The van der Waals surface area contributed by atoms with E-state index in [0.717, 1.165) is 49.2 Å². The van der Waals surface area contributed by atoms with Gasteiger partial charge in [-0.05, 0) is 56.4 Å². The molecule has 0 spiro atoms. The van der Waals surface area contributed by atoms with Crippen LogP contribution in [0.3, 0.4) is 0 Å². The molecule has 18 heavy (non-hydrogen) atoms. The van der Waals surface area contributed by atoms with E-state index >= 15 is 0 Å². The molecule has 0 bridgehead atoms. The van der Waals surface area contributed by atoms with E-state index in [1.165, 1.54) is 0 Å². The Hall–Kier alpha value is -1.35. The molecule has 0 amide bonds. The maximum Gasteiger partial charge on any atom is 0.191 e. The van der Waals surface area contributed by atoms with Crippen LogP contribution in [0.25, 0.3) is 0 Å². The van der Waals surface area contributed by atoms with Gasteiger partial charge in [0.2, 0.25) is 0 Å². The molecule has 2 atom stereocenters. The Labute approximate surface area is 107 Å². The van der Waals surface area contributed by atoms with Gasteiger partial charge in [0.05, 0.1) is 12.7 Å². The fourth-order valence-electron chi connectivity index (χ4n) is 2.70. The number of aryl methyl sites for hydroxylation is 1. The Morgan fingerprint density at radius 3 is 3.00 bits per heavy atom. The lowest BCUT2D eigenvalue weighted by Crippen LogP contribution is -2.21. The summed E-state index contributed by atoms with van der Waals surface area (Å²) in [4.78, 5) is 12.3. The molecule has 2 heterocycles. The maximum atomic E-state index is 12.3. The largest absolute Gasteiger partial charge is 0.493 e. The number of rotatable bonds is 2. The molecule has 2 aliphatic heterocycles. The highest BCUT2D eigenvalue weighted by Gasteiger charge is 2.29. The molecule has 1 saturated heterocycles. The van der Waals surface area contributed by atoms with E-state index in [9.17, 15) is 4.79 Å². The summed E-state index contributed by atoms with van der Waals surface area (Å²) in [6, 6.07) is 5.75. The molecule has 0 radical (unpaired) electrons. The van der Waals surface area contributed by atoms with Crippen molar-refractivity contribution in [2.24, 2.45) is 0 Å². The van der Waals surface area contributed by atoms with Gasteiger partial charge < -0.3 is 9.47 Å². The van der Waals surface area contributed by atoms with Gasteiger partial charge >= 0.3 is 0 Å². The molecular formula is C15H18O3. The monoisotopic (exact) mass is 246 g/mol. The third kappa shape index (κ3) is 2.15. The van der Waals surface area contributed by atoms with Crippen LogP contribution in [0.5, 0.6) is 5.75 Å². The van der Waals surface area contributed by atoms with Crippen LogP contribution >= 0.6 is 0 Å². The van der Waals surface area contributed by atoms with E-state index in [1.807, 2.05) is 25.1 Å². The van der Waals surface area contributed by atoms with Crippen LogP contribution in [0, 0.1) is 0 Å². The molecule has 2 unspecified atom stereocenters. The van der Waals surface area contributed by atoms with Crippen molar-refractivity contribution in [3.8, 4) is 5.75 Å². The van der Waals surface area contributed by atoms with E-state index < -0.39 is 0 Å². The summed E-state index contributed by atoms with van der Waals surface area (Å²) in [5.74, 6) is 1.05. The molecule has 0 saturated carbocycles. The third-order valence-corrected chi connectivity index (χ3v) is 3.72. The molecular weight excluding hydrogens is 228 g/mol. The van der Waals surface area contributed by atoms with Gasteiger partial charge in [0.25, 0.3) is 0 Å². The van der Waals surface area contributed by atoms with Gasteiger partial charge in [-0.25, -0.2) is 0 Å². The maximum absolute atomic E-state index is 12.3. The lowest BCUT2D eigenvalue weighted by atomic mass is 9.98. The van der Waals surface area contributed by atoms with Gasteiger partial charge in [0.1, 0.15) is 11.9 Å². The third-order valence-electron chi connectivity index (χ3n) is 3.72. The van der Waals surface area contributed by atoms with Crippen LogP contribution in [0.4, 0.5) is 0 Å². The van der Waals surface area contributed by atoms with Crippen LogP contribution < -0.4 is 4.74 Å². The van der Waals surface area contributed by atoms with E-state index in [0.29, 0.717) is 0 Å². The van der Waals surface area contributed by atoms with Gasteiger partial charge in [-0.15, -0.1) is 0 Å². The Morgan fingerprint density at radius 1 is 1.33 bits per heavy atom. The Bertz CT molecular complexity index is 467. The smallest absolute Gasteiger partial charge is 0.191 e. The fourth-order valence-corrected chi connectivity index (χ4v) is 2.70. The number of benzene rings is 1. The molecule has 3 nitrogen and oxygen atoms in total. The first-order valence-electron chi connectivity index (χ1n) is 6.69. The first-order valence-corrected chi connectivity index (χ1v) is 6.69. The lowest BCUT2D eigenvalue weighted by molar-refractivity contribution is 0.0433. The molecule has 96 valence electrons. The number of hydrogen-bond donors (Lipinski definition) is 0. The molecule has 3 rings (SSSR count). The topological polar surface area (TPSA) is 35.5 Å². The van der Waals surface area contributed by atoms with Gasteiger partial charge in [0, 0.05) is 5.56 Å². The minimum atomic E-state index is -0.248. The molecule has 3 heteroatoms. The molecule has 2 aliphatic rings. The first kappa shape index (κ1) is 11.7. The normalized spacial score (nSPS) is 26.5. The number of carbonyl (C=O) groups excluding carboxylic acids is 1. The van der Waals surface area contributed by atoms with Crippen molar-refractivity contribution in [2.75, 3.05) is 6.61 Å². The molecule has 1 fully saturated rings. The van der Waals surface area contributed by atoms with Crippen molar-refractivity contribution < 1.29 is 14.3 Å². The zero-order valence-corrected chi connectivity index (χ0v) is 10.6. The van der Waals surface area contributed by atoms with Crippen LogP contribution in [0.15, 0.2) is 18.2 Å². The van der Waals surface area contributed by atoms with Gasteiger partial charge in [-0.1, -0.05) is 0 Å². The van der Waals surface area contributed by atoms with E-state index in [4.69, 9.17) is 9.47 Å². The zero-order chi connectivity index (χ0) is 12.5. The average molecular weight is 246 g/mol. The van der Waals surface area contributed by atoms with Gasteiger partial charge in [0.15, 0.2) is 5.78 Å². The predicted octanol–water partition coefficient (Wildman–Crippen LogP) is 2.76. The summed E-state index contributed by atoms with van der Waals surface area (Å²) in [6.45, 7) is 2.80. The summed E-state index contributed by atoms with van der Waals surface area (Å²) in [5.41, 5.74) is 1.91. The second-order valence-electron chi connectivity index (χ2n) is 5.15. The van der Waals surface area contributed by atoms with Crippen molar-refractivity contribution in [3.63, 3.8) is 0 Å². The van der Waals surface area contributed by atoms with Crippen LogP contribution in [-0.2, 0) is 11.2 Å². The van der Waals surface area contributed by atoms with E-state index in [1.54, 1.807) is 0 Å². The molecule has 0 aromatic heterocycles. The second-order valence-corrected chi connectivity index (χ2v) is 5.15. The highest BCUT2D eigenvalue weighted by atomic mass is 16.5. The van der Waals surface area contributed by atoms with Crippen LogP contribution in [0.2, 0.25) is 0 Å². The highest BCUT2D eigenvalue weighted by Crippen LogP contribution is 2.28. The lowest BCUT2D eigenvalue weighted by Gasteiger charge is -2.18. The molecule has 0 aliphatic carbocycles. The summed E-state index contributed by atoms with van der Waals surface area (Å²) in [6.07, 6.45) is 3.81. The zero-order valence-electron chi connectivity index (χ0n) is 10.6. The number of hydrogen-bond acceptors (Lipinski definition) is 3. The minimum absolute atomic E-state index is 0.118. The first-order chi connectivity index (χ1) is 8.74. The van der Waals surface area contributed by atoms with Crippen molar-refractivity contribution in [3.05, 3.63) is 29.3 Å². The quantitative estimate of drug-likeness (QED) is 0.753. The van der Waals surface area contributed by atoms with Crippen LogP contribution in [-0.4, -0.2) is 24.6 Å². The summed E-state index contributed by atoms with van der Waals surface area (Å²) < 4.78 is 11.2. The standard InChI is InChI=1S/C15H18O3/c1-10-4-6-14(18-10)15(16)12-5-7-13-11(9-12)3-2-8-17-13/h5,7,9-10,14H,2-4,6,8H2,1H3. The number of carbonyl (C=O) groups is 1. The Morgan fingerprint density at radius 2 is 2.22 bits per heavy atom. The number of ketones is 1. The SMILES string of the molecule is CC1CCC(C(=O)c2ccc3c(c2)CCCO3)O1. The Kier molecular flexibility index (Phi) is 3.08. The average Bonchev–Trinajstić information content (AvgIpc) is 2.84. The summed E-state index contributed by atoms with van der Waals surface area (Å²) in [5, 5.41) is 0. The molecule has 1 aromatic carbocycles. The molecule has 0 N–H and O–H groups in total. The van der Waals surface area contributed by atoms with Crippen molar-refractivity contribution in [1.29, 1.82) is 0 Å². The fraction of sp³-hybridized carbons (Fsp3) is 0.533. The van der Waals surface area contributed by atoms with Gasteiger partial charge in [-0.3, -0.25) is 4.79 Å². The number of Topliss-reactive ketones (excluding diaryl/α,β-unsaturated/α-hetero) is 1. The van der Waals surface area contributed by atoms with E-state index in [-0.39, 0.29) is 18.0 Å². The van der Waals surface area contributed by atoms with E-state index in [2.05, 4.69) is 0 Å². The highest BCUT2D eigenvalue weighted by molar-refractivity contribution is 6.00. The number of fused-ring (bicyclic) bond motifs is 1.